The topological polar surface area (TPSA) is 95.9 Å². The van der Waals surface area contributed by atoms with Crippen molar-refractivity contribution in [2.75, 3.05) is 13.2 Å². The molecular formula is C91H171NO5. The summed E-state index contributed by atoms with van der Waals surface area (Å²) in [6.07, 6.45) is 117. The van der Waals surface area contributed by atoms with E-state index < -0.39 is 12.1 Å². The third kappa shape index (κ3) is 82.4. The van der Waals surface area contributed by atoms with E-state index in [0.29, 0.717) is 19.4 Å². The summed E-state index contributed by atoms with van der Waals surface area (Å²) in [6.45, 7) is 4.94. The van der Waals surface area contributed by atoms with Gasteiger partial charge in [-0.05, 0) is 96.3 Å². The van der Waals surface area contributed by atoms with Gasteiger partial charge in [-0.1, -0.05) is 434 Å². The molecule has 0 aromatic rings. The van der Waals surface area contributed by atoms with Crippen LogP contribution < -0.4 is 5.32 Å². The Labute approximate surface area is 607 Å². The predicted molar refractivity (Wildman–Crippen MR) is 430 cm³/mol. The molecule has 570 valence electrons. The largest absolute Gasteiger partial charge is 0.466 e. The van der Waals surface area contributed by atoms with Gasteiger partial charge >= 0.3 is 5.97 Å². The van der Waals surface area contributed by atoms with Crippen LogP contribution in [-0.4, -0.2) is 47.4 Å². The van der Waals surface area contributed by atoms with Crippen molar-refractivity contribution in [2.45, 2.75) is 495 Å². The number of aliphatic hydroxyl groups is 2. The number of hydrogen-bond donors (Lipinski definition) is 3. The molecule has 0 bridgehead atoms. The van der Waals surface area contributed by atoms with Crippen molar-refractivity contribution in [2.24, 2.45) is 0 Å². The van der Waals surface area contributed by atoms with E-state index in [1.807, 2.05) is 6.08 Å². The molecule has 0 aliphatic heterocycles. The molecule has 0 radical (unpaired) electrons. The number of ether oxygens (including phenoxy) is 1. The van der Waals surface area contributed by atoms with E-state index in [0.717, 1.165) is 57.8 Å². The number of rotatable bonds is 83. The van der Waals surface area contributed by atoms with Crippen molar-refractivity contribution in [1.82, 2.24) is 5.32 Å². The van der Waals surface area contributed by atoms with E-state index in [4.69, 9.17) is 4.74 Å². The van der Waals surface area contributed by atoms with Gasteiger partial charge in [0.05, 0.1) is 25.4 Å². The fourth-order valence-electron chi connectivity index (χ4n) is 13.8. The highest BCUT2D eigenvalue weighted by atomic mass is 16.5. The molecule has 0 aromatic carbocycles. The molecule has 2 atom stereocenters. The Kier molecular flexibility index (Phi) is 83.8. The van der Waals surface area contributed by atoms with Gasteiger partial charge < -0.3 is 20.3 Å². The van der Waals surface area contributed by atoms with Crippen molar-refractivity contribution in [3.63, 3.8) is 0 Å². The van der Waals surface area contributed by atoms with Gasteiger partial charge in [0, 0.05) is 12.8 Å². The maximum absolute atomic E-state index is 12.6. The van der Waals surface area contributed by atoms with Crippen LogP contribution in [0, 0.1) is 0 Å². The second-order valence-corrected chi connectivity index (χ2v) is 30.2. The van der Waals surface area contributed by atoms with Crippen LogP contribution in [0.4, 0.5) is 0 Å². The lowest BCUT2D eigenvalue weighted by atomic mass is 10.0. The normalized spacial score (nSPS) is 12.7. The molecule has 97 heavy (non-hydrogen) atoms. The zero-order chi connectivity index (χ0) is 69.8. The number of amides is 1. The lowest BCUT2D eigenvalue weighted by molar-refractivity contribution is -0.143. The van der Waals surface area contributed by atoms with Crippen molar-refractivity contribution >= 4 is 11.9 Å². The highest BCUT2D eigenvalue weighted by molar-refractivity contribution is 5.76. The molecule has 0 saturated heterocycles. The van der Waals surface area contributed by atoms with Gasteiger partial charge in [0.2, 0.25) is 5.91 Å². The molecule has 0 aliphatic carbocycles. The summed E-state index contributed by atoms with van der Waals surface area (Å²) in [5.74, 6) is -0.0468. The molecule has 0 aromatic heterocycles. The maximum atomic E-state index is 12.6. The third-order valence-electron chi connectivity index (χ3n) is 20.5. The van der Waals surface area contributed by atoms with Gasteiger partial charge in [0.25, 0.3) is 0 Å². The van der Waals surface area contributed by atoms with Crippen molar-refractivity contribution in [3.8, 4) is 0 Å². The van der Waals surface area contributed by atoms with Crippen LogP contribution in [0.2, 0.25) is 0 Å². The summed E-state index contributed by atoms with van der Waals surface area (Å²) in [7, 11) is 0. The van der Waals surface area contributed by atoms with Crippen LogP contribution in [0.1, 0.15) is 483 Å². The minimum absolute atomic E-state index is 0.0133. The lowest BCUT2D eigenvalue weighted by Gasteiger charge is -2.20. The van der Waals surface area contributed by atoms with Gasteiger partial charge in [-0.3, -0.25) is 9.59 Å². The SMILES string of the molecule is CCCCCC/C=C\C/C=C\CCCCCCCCCC(=O)OCCCCCCCCCCCCCCCCC/C=C\C/C=C\CCCCCCCCCCCCCCCCCCCC(=O)NC(CO)C(O)/C=C/CCCCCCCCCCCCCCCCCCCCCCC. The number of carbonyl (C=O) groups is 2. The van der Waals surface area contributed by atoms with E-state index in [2.05, 4.69) is 67.8 Å². The molecule has 6 nitrogen and oxygen atoms in total. The Hall–Kier alpha value is -2.44. The van der Waals surface area contributed by atoms with E-state index >= 15 is 0 Å². The van der Waals surface area contributed by atoms with Gasteiger partial charge in [0.15, 0.2) is 0 Å². The minimum Gasteiger partial charge on any atom is -0.466 e. The van der Waals surface area contributed by atoms with E-state index in [1.54, 1.807) is 6.08 Å². The molecule has 3 N–H and O–H groups in total. The molecule has 0 heterocycles. The Morgan fingerprint density at radius 3 is 0.794 bits per heavy atom. The van der Waals surface area contributed by atoms with E-state index in [9.17, 15) is 19.8 Å². The summed E-state index contributed by atoms with van der Waals surface area (Å²) in [5.41, 5.74) is 0. The predicted octanol–water partition coefficient (Wildman–Crippen LogP) is 29.7. The molecule has 0 saturated carbocycles. The number of allylic oxidation sites excluding steroid dienone is 9. The number of nitrogens with one attached hydrogen (secondary N) is 1. The first-order chi connectivity index (χ1) is 48.0. The Balaban J connectivity index is 3.38. The zero-order valence-corrected chi connectivity index (χ0v) is 65.6. The van der Waals surface area contributed by atoms with E-state index in [1.165, 1.54) is 398 Å². The summed E-state index contributed by atoms with van der Waals surface area (Å²) in [5, 5.41) is 23.3. The van der Waals surface area contributed by atoms with Crippen LogP contribution in [0.15, 0.2) is 60.8 Å². The van der Waals surface area contributed by atoms with E-state index in [-0.39, 0.29) is 18.5 Å². The summed E-state index contributed by atoms with van der Waals surface area (Å²) >= 11 is 0. The van der Waals surface area contributed by atoms with Gasteiger partial charge in [-0.2, -0.15) is 0 Å². The van der Waals surface area contributed by atoms with Crippen molar-refractivity contribution in [3.05, 3.63) is 60.8 Å². The van der Waals surface area contributed by atoms with Crippen LogP contribution in [0.5, 0.6) is 0 Å². The maximum Gasteiger partial charge on any atom is 0.305 e. The van der Waals surface area contributed by atoms with Crippen molar-refractivity contribution in [1.29, 1.82) is 0 Å². The quantitative estimate of drug-likeness (QED) is 0.0320. The molecule has 1 amide bonds. The monoisotopic (exact) mass is 1360 g/mol. The molecular weight excluding hydrogens is 1190 g/mol. The molecule has 0 fully saturated rings. The average molecular weight is 1360 g/mol. The number of carbonyl (C=O) groups excluding carboxylic acids is 2. The van der Waals surface area contributed by atoms with Gasteiger partial charge in [-0.25, -0.2) is 0 Å². The minimum atomic E-state index is -0.845. The fraction of sp³-hybridized carbons (Fsp3) is 0.868. The number of hydrogen-bond acceptors (Lipinski definition) is 5. The molecule has 2 unspecified atom stereocenters. The molecule has 0 spiro atoms. The van der Waals surface area contributed by atoms with Crippen LogP contribution in [0.3, 0.4) is 0 Å². The van der Waals surface area contributed by atoms with Crippen molar-refractivity contribution < 1.29 is 24.5 Å². The number of esters is 1. The van der Waals surface area contributed by atoms with Gasteiger partial charge in [-0.15, -0.1) is 0 Å². The first-order valence-corrected chi connectivity index (χ1v) is 44.1. The number of aliphatic hydroxyl groups excluding tert-OH is 2. The second kappa shape index (κ2) is 86.0. The highest BCUT2D eigenvalue weighted by Crippen LogP contribution is 2.20. The molecule has 0 aliphatic rings. The number of unbranched alkanes of at least 4 members (excludes halogenated alkanes) is 64. The average Bonchev–Trinajstić information content (AvgIpc) is 2.52. The smallest absolute Gasteiger partial charge is 0.305 e. The third-order valence-corrected chi connectivity index (χ3v) is 20.5. The highest BCUT2D eigenvalue weighted by Gasteiger charge is 2.18. The summed E-state index contributed by atoms with van der Waals surface area (Å²) in [6, 6.07) is -0.628. The first kappa shape index (κ1) is 94.6. The molecule has 6 heteroatoms. The fourth-order valence-corrected chi connectivity index (χ4v) is 13.8. The summed E-state index contributed by atoms with van der Waals surface area (Å²) in [4.78, 5) is 24.7. The molecule has 0 rings (SSSR count). The van der Waals surface area contributed by atoms with Crippen LogP contribution >= 0.6 is 0 Å². The van der Waals surface area contributed by atoms with Crippen LogP contribution in [0.25, 0.3) is 0 Å². The Morgan fingerprint density at radius 1 is 0.289 bits per heavy atom. The van der Waals surface area contributed by atoms with Gasteiger partial charge in [0.1, 0.15) is 0 Å². The van der Waals surface area contributed by atoms with Crippen LogP contribution in [-0.2, 0) is 14.3 Å². The Morgan fingerprint density at radius 2 is 0.515 bits per heavy atom. The standard InChI is InChI=1S/C91H171NO5/c1-3-5-7-9-11-13-15-17-19-21-23-24-42-45-48-51-55-59-63-67-71-75-79-83-89(94)88(87-93)92-90(95)84-80-76-72-68-64-60-56-52-49-46-43-40-38-36-34-32-30-28-26-25-27-29-31-33-35-37-39-41-44-47-50-54-58-62-66-70-74-78-82-86-97-91(96)85-81-77-73-69-65-61-57-53-22-20-18-16-14-12-10-8-6-4-2/h14,16,20,22,25-26,29,31,79,83,88-89,93-94H,3-13,15,17-19,21,23-24,27-28,30,32-78,80-82,84-87H2,1-2H3,(H,92,95)/b16-14-,22-20-,26-25-,31-29-,83-79+. The lowest BCUT2D eigenvalue weighted by Crippen LogP contribution is -2.45. The Bertz CT molecular complexity index is 1670. The summed E-state index contributed by atoms with van der Waals surface area (Å²) < 4.78 is 5.51. The first-order valence-electron chi connectivity index (χ1n) is 44.1. The second-order valence-electron chi connectivity index (χ2n) is 30.2. The zero-order valence-electron chi connectivity index (χ0n) is 65.6.